The van der Waals surface area contributed by atoms with Gasteiger partial charge < -0.3 is 24.3 Å². The van der Waals surface area contributed by atoms with Crippen LogP contribution in [-0.2, 0) is 4.79 Å². The number of carbonyl (C=O) groups is 1. The number of piperidine rings is 2. The molecule has 0 saturated carbocycles. The molecule has 35 heavy (non-hydrogen) atoms. The van der Waals surface area contributed by atoms with Gasteiger partial charge >= 0.3 is 0 Å². The maximum atomic E-state index is 12.6. The van der Waals surface area contributed by atoms with Crippen LogP contribution in [0.1, 0.15) is 32.1 Å². The number of carbonyl (C=O) groups excluding carboxylic acids is 1. The fourth-order valence-corrected chi connectivity index (χ4v) is 4.60. The minimum atomic E-state index is -0.00800. The zero-order valence-electron chi connectivity index (χ0n) is 19.8. The summed E-state index contributed by atoms with van der Waals surface area (Å²) in [7, 11) is 0. The number of hydrogen-bond acceptors (Lipinski definition) is 9. The zero-order valence-corrected chi connectivity index (χ0v) is 19.8. The van der Waals surface area contributed by atoms with E-state index >= 15 is 0 Å². The molecular weight excluding hydrogens is 446 g/mol. The summed E-state index contributed by atoms with van der Waals surface area (Å²) in [5.41, 5.74) is 0.708. The third kappa shape index (κ3) is 5.87. The van der Waals surface area contributed by atoms with Crippen LogP contribution in [-0.4, -0.2) is 65.4 Å². The van der Waals surface area contributed by atoms with E-state index < -0.39 is 0 Å². The van der Waals surface area contributed by atoms with Crippen LogP contribution in [0.4, 0.5) is 11.6 Å². The minimum absolute atomic E-state index is 0.00800. The fourth-order valence-electron chi connectivity index (χ4n) is 4.60. The summed E-state index contributed by atoms with van der Waals surface area (Å²) in [6, 6.07) is 9.43. The lowest BCUT2D eigenvalue weighted by molar-refractivity contribution is -0.125. The average molecular weight is 478 g/mol. The van der Waals surface area contributed by atoms with Crippen molar-refractivity contribution in [3.8, 4) is 17.3 Å². The Labute approximate surface area is 204 Å². The number of ether oxygens (including phenoxy) is 1. The van der Waals surface area contributed by atoms with Gasteiger partial charge in [0.15, 0.2) is 11.6 Å². The fraction of sp³-hybridized carbons (Fsp3) is 0.480. The van der Waals surface area contributed by atoms with Gasteiger partial charge in [-0.15, -0.1) is 10.2 Å². The van der Waals surface area contributed by atoms with Crippen LogP contribution in [0.25, 0.3) is 11.5 Å². The lowest BCUT2D eigenvalue weighted by Gasteiger charge is -2.31. The molecule has 1 amide bonds. The molecule has 184 valence electrons. The van der Waals surface area contributed by atoms with Crippen LogP contribution >= 0.6 is 0 Å². The van der Waals surface area contributed by atoms with E-state index in [1.165, 1.54) is 19.3 Å². The molecule has 2 aliphatic heterocycles. The standard InChI is InChI=1S/C25H31N7O3/c33-25(26-10-16-35-24-17-23(27-18-28-24)31-11-2-1-3-12-31)19-8-13-32(14-9-19)22-7-6-20(29-30-22)21-5-4-15-34-21/h4-7,15,17-19H,1-3,8-14,16H2,(H,26,33). The van der Waals surface area contributed by atoms with E-state index in [0.29, 0.717) is 30.5 Å². The lowest BCUT2D eigenvalue weighted by Crippen LogP contribution is -2.41. The Hall–Kier alpha value is -3.69. The summed E-state index contributed by atoms with van der Waals surface area (Å²) >= 11 is 0. The van der Waals surface area contributed by atoms with Gasteiger partial charge in [0.1, 0.15) is 24.4 Å². The molecule has 5 rings (SSSR count). The molecule has 0 unspecified atom stereocenters. The first-order valence-corrected chi connectivity index (χ1v) is 12.4. The molecule has 0 atom stereocenters. The van der Waals surface area contributed by atoms with E-state index in [0.717, 1.165) is 50.7 Å². The second-order valence-corrected chi connectivity index (χ2v) is 8.92. The maximum absolute atomic E-state index is 12.6. The number of rotatable bonds is 8. The number of anilines is 2. The SMILES string of the molecule is O=C(NCCOc1cc(N2CCCCC2)ncn1)C1CCN(c2ccc(-c3ccco3)nn2)CC1. The van der Waals surface area contributed by atoms with Gasteiger partial charge in [0.2, 0.25) is 11.8 Å². The molecule has 0 aromatic carbocycles. The number of nitrogens with zero attached hydrogens (tertiary/aromatic N) is 6. The van der Waals surface area contributed by atoms with Gasteiger partial charge in [-0.2, -0.15) is 0 Å². The van der Waals surface area contributed by atoms with E-state index in [-0.39, 0.29) is 11.8 Å². The summed E-state index contributed by atoms with van der Waals surface area (Å²) in [4.78, 5) is 25.6. The maximum Gasteiger partial charge on any atom is 0.223 e. The molecule has 10 heteroatoms. The normalized spacial score (nSPS) is 16.8. The highest BCUT2D eigenvalue weighted by Crippen LogP contribution is 2.24. The quantitative estimate of drug-likeness (QED) is 0.490. The molecule has 2 saturated heterocycles. The molecule has 2 fully saturated rings. The Morgan fingerprint density at radius 3 is 2.57 bits per heavy atom. The Balaban J connectivity index is 1.03. The van der Waals surface area contributed by atoms with Gasteiger partial charge in [-0.05, 0) is 56.4 Å². The van der Waals surface area contributed by atoms with Crippen molar-refractivity contribution in [2.24, 2.45) is 5.92 Å². The van der Waals surface area contributed by atoms with Gasteiger partial charge in [-0.1, -0.05) is 0 Å². The first-order chi connectivity index (χ1) is 17.3. The molecule has 5 heterocycles. The lowest BCUT2D eigenvalue weighted by atomic mass is 9.96. The first kappa shape index (κ1) is 23.1. The second kappa shape index (κ2) is 11.2. The van der Waals surface area contributed by atoms with E-state index in [2.05, 4.69) is 35.3 Å². The molecule has 3 aromatic heterocycles. The minimum Gasteiger partial charge on any atom is -0.476 e. The van der Waals surface area contributed by atoms with E-state index in [4.69, 9.17) is 9.15 Å². The van der Waals surface area contributed by atoms with Crippen LogP contribution in [0.3, 0.4) is 0 Å². The van der Waals surface area contributed by atoms with Crippen LogP contribution in [0.2, 0.25) is 0 Å². The molecule has 0 aliphatic carbocycles. The van der Waals surface area contributed by atoms with Crippen molar-refractivity contribution < 1.29 is 13.9 Å². The van der Waals surface area contributed by atoms with E-state index in [1.54, 1.807) is 12.6 Å². The average Bonchev–Trinajstić information content (AvgIpc) is 3.47. The molecule has 2 aliphatic rings. The number of hydrogen-bond donors (Lipinski definition) is 1. The molecule has 0 bridgehead atoms. The summed E-state index contributed by atoms with van der Waals surface area (Å²) in [5.74, 6) is 3.04. The van der Waals surface area contributed by atoms with Gasteiger partial charge in [-0.25, -0.2) is 9.97 Å². The van der Waals surface area contributed by atoms with Crippen molar-refractivity contribution in [2.45, 2.75) is 32.1 Å². The summed E-state index contributed by atoms with van der Waals surface area (Å²) in [5, 5.41) is 11.6. The number of furan rings is 1. The summed E-state index contributed by atoms with van der Waals surface area (Å²) < 4.78 is 11.1. The molecule has 3 aromatic rings. The van der Waals surface area contributed by atoms with E-state index in [1.807, 2.05) is 30.3 Å². The zero-order chi connectivity index (χ0) is 23.9. The van der Waals surface area contributed by atoms with Gasteiger partial charge in [0, 0.05) is 38.2 Å². The predicted molar refractivity (Wildman–Crippen MR) is 131 cm³/mol. The highest BCUT2D eigenvalue weighted by Gasteiger charge is 2.25. The van der Waals surface area contributed by atoms with Crippen molar-refractivity contribution in [2.75, 3.05) is 49.1 Å². The molecular formula is C25H31N7O3. The van der Waals surface area contributed by atoms with Gasteiger partial charge in [0.05, 0.1) is 12.8 Å². The largest absolute Gasteiger partial charge is 0.476 e. The molecule has 10 nitrogen and oxygen atoms in total. The third-order valence-electron chi connectivity index (χ3n) is 6.57. The highest BCUT2D eigenvalue weighted by molar-refractivity contribution is 5.79. The Kier molecular flexibility index (Phi) is 7.35. The van der Waals surface area contributed by atoms with Crippen LogP contribution in [0.15, 0.2) is 47.3 Å². The molecule has 0 spiro atoms. The first-order valence-electron chi connectivity index (χ1n) is 12.4. The van der Waals surface area contributed by atoms with Crippen LogP contribution in [0, 0.1) is 5.92 Å². The second-order valence-electron chi connectivity index (χ2n) is 8.92. The Bertz CT molecular complexity index is 1080. The highest BCUT2D eigenvalue weighted by atomic mass is 16.5. The van der Waals surface area contributed by atoms with Crippen molar-refractivity contribution in [3.63, 3.8) is 0 Å². The number of nitrogens with one attached hydrogen (secondary N) is 1. The third-order valence-corrected chi connectivity index (χ3v) is 6.57. The predicted octanol–water partition coefficient (Wildman–Crippen LogP) is 2.93. The number of amides is 1. The molecule has 1 N–H and O–H groups in total. The Morgan fingerprint density at radius 2 is 1.83 bits per heavy atom. The summed E-state index contributed by atoms with van der Waals surface area (Å²) in [6.45, 7) is 4.40. The van der Waals surface area contributed by atoms with E-state index in [9.17, 15) is 4.79 Å². The monoisotopic (exact) mass is 477 g/mol. The van der Waals surface area contributed by atoms with Gasteiger partial charge in [-0.3, -0.25) is 4.79 Å². The smallest absolute Gasteiger partial charge is 0.223 e. The molecule has 0 radical (unpaired) electrons. The van der Waals surface area contributed by atoms with Crippen molar-refractivity contribution in [3.05, 3.63) is 42.9 Å². The van der Waals surface area contributed by atoms with Gasteiger partial charge in [0.25, 0.3) is 0 Å². The van der Waals surface area contributed by atoms with Crippen molar-refractivity contribution >= 4 is 17.5 Å². The summed E-state index contributed by atoms with van der Waals surface area (Å²) in [6.07, 6.45) is 8.37. The van der Waals surface area contributed by atoms with Crippen molar-refractivity contribution in [1.29, 1.82) is 0 Å². The number of aromatic nitrogens is 4. The van der Waals surface area contributed by atoms with Crippen LogP contribution < -0.4 is 19.9 Å². The Morgan fingerprint density at radius 1 is 1.00 bits per heavy atom. The van der Waals surface area contributed by atoms with Crippen LogP contribution in [0.5, 0.6) is 5.88 Å². The van der Waals surface area contributed by atoms with Crippen molar-refractivity contribution in [1.82, 2.24) is 25.5 Å². The topological polar surface area (TPSA) is 110 Å².